The fourth-order valence-electron chi connectivity index (χ4n) is 3.89. The van der Waals surface area contributed by atoms with E-state index in [-0.39, 0.29) is 12.4 Å². The van der Waals surface area contributed by atoms with Crippen molar-refractivity contribution >= 4 is 0 Å². The van der Waals surface area contributed by atoms with Crippen LogP contribution in [0.15, 0.2) is 18.7 Å². The SMILES string of the molecule is CCCCCCCCCCCCCCCCCC[n+]1ccn(CCCC)c1.[Cl-]. The average Bonchev–Trinajstić information content (AvgIpc) is 3.13. The van der Waals surface area contributed by atoms with Crippen LogP contribution in [0.1, 0.15) is 129 Å². The largest absolute Gasteiger partial charge is 1.00 e. The van der Waals surface area contributed by atoms with Gasteiger partial charge in [-0.15, -0.1) is 0 Å². The van der Waals surface area contributed by atoms with Gasteiger partial charge in [-0.2, -0.15) is 0 Å². The number of imidazole rings is 1. The number of hydrogen-bond acceptors (Lipinski definition) is 0. The number of aromatic nitrogens is 2. The molecule has 0 bridgehead atoms. The molecule has 0 amide bonds. The van der Waals surface area contributed by atoms with Crippen LogP contribution in [0.2, 0.25) is 0 Å². The number of unbranched alkanes of at least 4 members (excludes halogenated alkanes) is 16. The molecule has 0 aliphatic rings. The Morgan fingerprint density at radius 2 is 1.00 bits per heavy atom. The van der Waals surface area contributed by atoms with Gasteiger partial charge >= 0.3 is 0 Å². The molecule has 2 nitrogen and oxygen atoms in total. The zero-order chi connectivity index (χ0) is 19.4. The summed E-state index contributed by atoms with van der Waals surface area (Å²) >= 11 is 0. The summed E-state index contributed by atoms with van der Waals surface area (Å²) in [5.74, 6) is 0. The third-order valence-electron chi connectivity index (χ3n) is 5.79. The molecule has 3 heteroatoms. The fourth-order valence-corrected chi connectivity index (χ4v) is 3.89. The van der Waals surface area contributed by atoms with Crippen LogP contribution in [0, 0.1) is 0 Å². The second kappa shape index (κ2) is 21.2. The molecule has 0 radical (unpaired) electrons. The minimum atomic E-state index is 0. The molecule has 0 N–H and O–H groups in total. The number of aryl methyl sites for hydroxylation is 2. The van der Waals surface area contributed by atoms with Gasteiger partial charge in [-0.05, 0) is 19.3 Å². The summed E-state index contributed by atoms with van der Waals surface area (Å²) in [5.41, 5.74) is 0. The molecule has 1 aromatic heterocycles. The quantitative estimate of drug-likeness (QED) is 0.214. The summed E-state index contributed by atoms with van der Waals surface area (Å²) in [5, 5.41) is 0. The lowest BCUT2D eigenvalue weighted by Gasteiger charge is -2.03. The molecular formula is C25H49ClN2. The Morgan fingerprint density at radius 3 is 1.46 bits per heavy atom. The van der Waals surface area contributed by atoms with E-state index >= 15 is 0 Å². The Bertz CT molecular complexity index is 416. The van der Waals surface area contributed by atoms with Gasteiger partial charge in [0.1, 0.15) is 12.4 Å². The predicted molar refractivity (Wildman–Crippen MR) is 119 cm³/mol. The maximum Gasteiger partial charge on any atom is 0.243 e. The highest BCUT2D eigenvalue weighted by Crippen LogP contribution is 2.13. The van der Waals surface area contributed by atoms with E-state index in [0.717, 1.165) is 0 Å². The summed E-state index contributed by atoms with van der Waals surface area (Å²) in [6.07, 6.45) is 32.4. The molecule has 0 fully saturated rings. The molecule has 0 unspecified atom stereocenters. The van der Waals surface area contributed by atoms with Gasteiger partial charge in [0.05, 0.1) is 13.1 Å². The molecule has 166 valence electrons. The second-order valence-electron chi connectivity index (χ2n) is 8.55. The number of halogens is 1. The van der Waals surface area contributed by atoms with Crippen molar-refractivity contribution < 1.29 is 17.0 Å². The maximum atomic E-state index is 2.36. The van der Waals surface area contributed by atoms with E-state index in [9.17, 15) is 0 Å². The monoisotopic (exact) mass is 412 g/mol. The minimum Gasteiger partial charge on any atom is -1.00 e. The molecule has 0 spiro atoms. The van der Waals surface area contributed by atoms with Crippen molar-refractivity contribution in [3.05, 3.63) is 18.7 Å². The number of hydrogen-bond donors (Lipinski definition) is 0. The van der Waals surface area contributed by atoms with Crippen molar-refractivity contribution in [2.45, 2.75) is 143 Å². The van der Waals surface area contributed by atoms with Crippen LogP contribution in [0.4, 0.5) is 0 Å². The van der Waals surface area contributed by atoms with E-state index in [1.54, 1.807) is 0 Å². The topological polar surface area (TPSA) is 8.81 Å². The lowest BCUT2D eigenvalue weighted by atomic mass is 10.0. The van der Waals surface area contributed by atoms with E-state index in [1.807, 2.05) is 0 Å². The first-order valence-electron chi connectivity index (χ1n) is 12.4. The van der Waals surface area contributed by atoms with Crippen molar-refractivity contribution in [1.29, 1.82) is 0 Å². The Hall–Kier alpha value is -0.500. The van der Waals surface area contributed by atoms with Crippen LogP contribution in [-0.2, 0) is 13.1 Å². The summed E-state index contributed by atoms with van der Waals surface area (Å²) < 4.78 is 4.69. The van der Waals surface area contributed by atoms with Crippen molar-refractivity contribution in [2.75, 3.05) is 0 Å². The third kappa shape index (κ3) is 16.5. The summed E-state index contributed by atoms with van der Waals surface area (Å²) in [6, 6.07) is 0. The van der Waals surface area contributed by atoms with Crippen molar-refractivity contribution in [2.24, 2.45) is 0 Å². The van der Waals surface area contributed by atoms with Gasteiger partial charge in [0.15, 0.2) is 0 Å². The van der Waals surface area contributed by atoms with E-state index in [4.69, 9.17) is 0 Å². The molecule has 0 aliphatic heterocycles. The average molecular weight is 413 g/mol. The van der Waals surface area contributed by atoms with Crippen LogP contribution in [-0.4, -0.2) is 4.57 Å². The van der Waals surface area contributed by atoms with Gasteiger partial charge in [-0.25, -0.2) is 9.13 Å². The van der Waals surface area contributed by atoms with Crippen molar-refractivity contribution in [3.63, 3.8) is 0 Å². The Balaban J connectivity index is 0.00000729. The van der Waals surface area contributed by atoms with Gasteiger partial charge in [-0.1, -0.05) is 110 Å². The van der Waals surface area contributed by atoms with Crippen LogP contribution >= 0.6 is 0 Å². The zero-order valence-corrected chi connectivity index (χ0v) is 19.9. The molecule has 0 saturated heterocycles. The molecule has 0 atom stereocenters. The van der Waals surface area contributed by atoms with Gasteiger partial charge in [-0.3, -0.25) is 0 Å². The first kappa shape index (κ1) is 27.5. The van der Waals surface area contributed by atoms with E-state index < -0.39 is 0 Å². The first-order chi connectivity index (χ1) is 13.4. The van der Waals surface area contributed by atoms with E-state index in [2.05, 4.69) is 41.7 Å². The minimum absolute atomic E-state index is 0. The van der Waals surface area contributed by atoms with Gasteiger partial charge in [0.2, 0.25) is 6.33 Å². The highest BCUT2D eigenvalue weighted by atomic mass is 35.5. The Labute approximate surface area is 182 Å². The smallest absolute Gasteiger partial charge is 0.243 e. The molecule has 1 aromatic rings. The van der Waals surface area contributed by atoms with Crippen LogP contribution in [0.3, 0.4) is 0 Å². The number of rotatable bonds is 20. The highest BCUT2D eigenvalue weighted by molar-refractivity contribution is 4.65. The van der Waals surface area contributed by atoms with E-state index in [1.165, 1.54) is 129 Å². The Morgan fingerprint density at radius 1 is 0.571 bits per heavy atom. The van der Waals surface area contributed by atoms with Crippen LogP contribution in [0.25, 0.3) is 0 Å². The van der Waals surface area contributed by atoms with Crippen molar-refractivity contribution in [1.82, 2.24) is 4.57 Å². The second-order valence-corrected chi connectivity index (χ2v) is 8.55. The number of nitrogens with zero attached hydrogens (tertiary/aromatic N) is 2. The van der Waals surface area contributed by atoms with Crippen molar-refractivity contribution in [3.8, 4) is 0 Å². The maximum absolute atomic E-state index is 2.36. The molecule has 0 saturated carbocycles. The normalized spacial score (nSPS) is 10.9. The Kier molecular flexibility index (Phi) is 20.8. The fraction of sp³-hybridized carbons (Fsp3) is 0.880. The van der Waals surface area contributed by atoms with Crippen LogP contribution in [0.5, 0.6) is 0 Å². The highest BCUT2D eigenvalue weighted by Gasteiger charge is 2.02. The molecule has 1 heterocycles. The standard InChI is InChI=1S/C25H49N2.ClH/c1-3-5-7-8-9-10-11-12-13-14-15-16-17-18-19-20-22-27-24-23-26(25-27)21-6-4-2;/h23-25H,3-22H2,1-2H3;1H/q+1;/p-1. The molecule has 0 aliphatic carbocycles. The molecule has 1 rings (SSSR count). The molecule has 28 heavy (non-hydrogen) atoms. The molecule has 0 aromatic carbocycles. The third-order valence-corrected chi connectivity index (χ3v) is 5.79. The first-order valence-corrected chi connectivity index (χ1v) is 12.4. The predicted octanol–water partition coefficient (Wildman–Crippen LogP) is 4.84. The summed E-state index contributed by atoms with van der Waals surface area (Å²) in [6.45, 7) is 6.92. The van der Waals surface area contributed by atoms with Gasteiger partial charge in [0, 0.05) is 0 Å². The molecular weight excluding hydrogens is 364 g/mol. The lowest BCUT2D eigenvalue weighted by molar-refractivity contribution is -0.696. The zero-order valence-electron chi connectivity index (χ0n) is 19.1. The lowest BCUT2D eigenvalue weighted by Crippen LogP contribution is -3.00. The van der Waals surface area contributed by atoms with E-state index in [0.29, 0.717) is 0 Å². The van der Waals surface area contributed by atoms with Crippen LogP contribution < -0.4 is 17.0 Å². The summed E-state index contributed by atoms with van der Waals surface area (Å²) in [4.78, 5) is 0. The van der Waals surface area contributed by atoms with Gasteiger partial charge < -0.3 is 12.4 Å². The summed E-state index contributed by atoms with van der Waals surface area (Å²) in [7, 11) is 0. The van der Waals surface area contributed by atoms with Gasteiger partial charge in [0.25, 0.3) is 0 Å².